The predicted octanol–water partition coefficient (Wildman–Crippen LogP) is 9.26. The SMILES string of the molecule is CC[C@@H](C)Nc1cc(C)c(-c2sc(C(=O)N[C@@H](C)C(C)(C)O)nc2C(=O)N2CCCC[C@@H]2C)cn1.CC[C@@H](C)Nc1cc(C)c(-c2sc(C(=O)N[C@H](C)C(C)(C)O)nc2C(=O)N2CCCC[C@@H]2C)cn1. The van der Waals surface area contributed by atoms with E-state index in [2.05, 4.69) is 82.7 Å². The summed E-state index contributed by atoms with van der Waals surface area (Å²) in [5.41, 5.74) is 1.89. The fourth-order valence-corrected chi connectivity index (χ4v) is 9.96. The molecule has 2 aliphatic heterocycles. The number of carbonyl (C=O) groups is 4. The molecule has 6 rings (SSSR count). The van der Waals surface area contributed by atoms with Crippen LogP contribution < -0.4 is 21.3 Å². The quantitative estimate of drug-likeness (QED) is 0.0620. The summed E-state index contributed by atoms with van der Waals surface area (Å²) in [6, 6.07) is 3.79. The van der Waals surface area contributed by atoms with Crippen molar-refractivity contribution >= 4 is 57.9 Å². The number of hydrogen-bond acceptors (Lipinski definition) is 14. The van der Waals surface area contributed by atoms with Gasteiger partial charge in [-0.05, 0) is 158 Å². The monoisotopic (exact) mass is 1000 g/mol. The Kier molecular flexibility index (Phi) is 19.1. The van der Waals surface area contributed by atoms with Gasteiger partial charge in [0.05, 0.1) is 33.0 Å². The van der Waals surface area contributed by atoms with E-state index in [1.165, 1.54) is 22.7 Å². The summed E-state index contributed by atoms with van der Waals surface area (Å²) in [6.07, 6.45) is 11.5. The van der Waals surface area contributed by atoms with Crippen molar-refractivity contribution in [2.75, 3.05) is 23.7 Å². The van der Waals surface area contributed by atoms with Crippen LogP contribution in [0.5, 0.6) is 0 Å². The summed E-state index contributed by atoms with van der Waals surface area (Å²) in [4.78, 5) is 76.6. The van der Waals surface area contributed by atoms with Gasteiger partial charge in [0.1, 0.15) is 23.0 Å². The summed E-state index contributed by atoms with van der Waals surface area (Å²) in [6.45, 7) is 27.9. The highest BCUT2D eigenvalue weighted by molar-refractivity contribution is 7.17. The molecule has 0 bridgehead atoms. The van der Waals surface area contributed by atoms with Crippen LogP contribution in [0.4, 0.5) is 11.6 Å². The summed E-state index contributed by atoms with van der Waals surface area (Å²) in [7, 11) is 0. The second-order valence-corrected chi connectivity index (χ2v) is 22.5. The molecule has 18 heteroatoms. The highest BCUT2D eigenvalue weighted by atomic mass is 32.1. The Morgan fingerprint density at radius 1 is 0.657 bits per heavy atom. The molecule has 6 heterocycles. The number of nitrogens with zero attached hydrogens (tertiary/aromatic N) is 6. The number of thiazole rings is 2. The van der Waals surface area contributed by atoms with E-state index in [1.807, 2.05) is 35.8 Å². The summed E-state index contributed by atoms with van der Waals surface area (Å²) in [5, 5.41) is 33.3. The first kappa shape index (κ1) is 55.9. The van der Waals surface area contributed by atoms with Crippen molar-refractivity contribution in [1.82, 2.24) is 40.4 Å². The maximum absolute atomic E-state index is 13.6. The molecule has 6 atom stereocenters. The van der Waals surface area contributed by atoms with Gasteiger partial charge in [-0.15, -0.1) is 22.7 Å². The first-order chi connectivity index (χ1) is 32.8. The Bertz CT molecular complexity index is 2290. The molecule has 4 aromatic heterocycles. The maximum atomic E-state index is 13.6. The first-order valence-corrected chi connectivity index (χ1v) is 26.6. The number of nitrogens with one attached hydrogen (secondary N) is 4. The fraction of sp³-hybridized carbons (Fsp3) is 0.615. The van der Waals surface area contributed by atoms with Crippen LogP contribution in [-0.4, -0.2) is 124 Å². The summed E-state index contributed by atoms with van der Waals surface area (Å²) >= 11 is 2.39. The van der Waals surface area contributed by atoms with Crippen LogP contribution in [0.1, 0.15) is 186 Å². The smallest absolute Gasteiger partial charge is 0.280 e. The van der Waals surface area contributed by atoms with Gasteiger partial charge >= 0.3 is 0 Å². The number of aliphatic hydroxyl groups is 2. The van der Waals surface area contributed by atoms with Crippen molar-refractivity contribution < 1.29 is 29.4 Å². The molecule has 2 aliphatic rings. The van der Waals surface area contributed by atoms with Crippen LogP contribution in [0.25, 0.3) is 20.9 Å². The molecule has 70 heavy (non-hydrogen) atoms. The molecule has 2 saturated heterocycles. The summed E-state index contributed by atoms with van der Waals surface area (Å²) in [5.74, 6) is 0.437. The highest BCUT2D eigenvalue weighted by Gasteiger charge is 2.34. The molecule has 2 fully saturated rings. The minimum atomic E-state index is -1.09. The number of pyridine rings is 2. The van der Waals surface area contributed by atoms with Crippen LogP contribution in [0, 0.1) is 13.8 Å². The minimum Gasteiger partial charge on any atom is -0.388 e. The number of piperidine rings is 2. The Labute approximate surface area is 423 Å². The minimum absolute atomic E-state index is 0.125. The predicted molar refractivity (Wildman–Crippen MR) is 282 cm³/mol. The third-order valence-electron chi connectivity index (χ3n) is 13.7. The number of likely N-dealkylation sites (tertiary alicyclic amines) is 2. The van der Waals surface area contributed by atoms with Gasteiger partial charge in [0.25, 0.3) is 23.6 Å². The molecule has 4 amide bonds. The van der Waals surface area contributed by atoms with Gasteiger partial charge in [0.15, 0.2) is 10.0 Å². The van der Waals surface area contributed by atoms with E-state index in [4.69, 9.17) is 0 Å². The number of rotatable bonds is 16. The number of aromatic nitrogens is 4. The lowest BCUT2D eigenvalue weighted by atomic mass is 10.0. The Balaban J connectivity index is 0.000000261. The molecule has 384 valence electrons. The van der Waals surface area contributed by atoms with Crippen molar-refractivity contribution in [2.24, 2.45) is 0 Å². The van der Waals surface area contributed by atoms with E-state index in [-0.39, 0.29) is 45.3 Å². The van der Waals surface area contributed by atoms with Crippen molar-refractivity contribution in [1.29, 1.82) is 0 Å². The normalized spacial score (nSPS) is 18.2. The van der Waals surface area contributed by atoms with Crippen LogP contribution in [0.3, 0.4) is 0 Å². The van der Waals surface area contributed by atoms with Gasteiger partial charge in [-0.3, -0.25) is 19.2 Å². The Morgan fingerprint density at radius 3 is 1.31 bits per heavy atom. The average molecular weight is 1000 g/mol. The van der Waals surface area contributed by atoms with E-state index in [0.717, 1.165) is 85.3 Å². The largest absolute Gasteiger partial charge is 0.388 e. The van der Waals surface area contributed by atoms with Gasteiger partial charge in [0.2, 0.25) is 0 Å². The van der Waals surface area contributed by atoms with Gasteiger partial charge < -0.3 is 41.3 Å². The van der Waals surface area contributed by atoms with Crippen molar-refractivity contribution in [3.05, 3.63) is 57.1 Å². The number of amides is 4. The van der Waals surface area contributed by atoms with E-state index in [1.54, 1.807) is 53.9 Å². The highest BCUT2D eigenvalue weighted by Crippen LogP contribution is 2.37. The lowest BCUT2D eigenvalue weighted by Gasteiger charge is -2.33. The Morgan fingerprint density at radius 2 is 1.01 bits per heavy atom. The van der Waals surface area contributed by atoms with Crippen LogP contribution >= 0.6 is 22.7 Å². The van der Waals surface area contributed by atoms with Crippen LogP contribution in [0.15, 0.2) is 24.5 Å². The number of anilines is 2. The average Bonchev–Trinajstić information content (AvgIpc) is 3.95. The van der Waals surface area contributed by atoms with E-state index < -0.39 is 35.1 Å². The van der Waals surface area contributed by atoms with Crippen LogP contribution in [0.2, 0.25) is 0 Å². The van der Waals surface area contributed by atoms with E-state index >= 15 is 0 Å². The van der Waals surface area contributed by atoms with Crippen molar-refractivity contribution in [3.8, 4) is 20.9 Å². The second-order valence-electron chi connectivity index (χ2n) is 20.5. The molecule has 0 spiro atoms. The second kappa shape index (κ2) is 23.9. The third-order valence-corrected chi connectivity index (χ3v) is 15.9. The molecular weight excluding hydrogens is 925 g/mol. The topological polar surface area (TPSA) is 215 Å². The lowest BCUT2D eigenvalue weighted by molar-refractivity contribution is 0.0408. The zero-order valence-corrected chi connectivity index (χ0v) is 45.5. The molecule has 0 radical (unpaired) electrons. The standard InChI is InChI=1S/2C26H39N5O3S/c2*1-8-16(3)28-20-13-15(2)19(14-27-20)22-21(25(33)31-12-10-9-11-17(31)4)30-24(35-22)23(32)29-18(5)26(6,7)34/h2*13-14,16-18,34H,8-12H2,1-7H3,(H,27,28)(H,29,32)/t16-,17+,18+;16-,17+,18-/m11/s1. The number of carbonyl (C=O) groups excluding carboxylic acids is 4. The van der Waals surface area contributed by atoms with Gasteiger partial charge in [0, 0.05) is 60.8 Å². The van der Waals surface area contributed by atoms with Crippen molar-refractivity contribution in [2.45, 2.75) is 196 Å². The maximum Gasteiger partial charge on any atom is 0.280 e. The van der Waals surface area contributed by atoms with E-state index in [0.29, 0.717) is 34.9 Å². The molecule has 0 aliphatic carbocycles. The molecular formula is C52H78N10O6S2. The molecule has 0 saturated carbocycles. The zero-order valence-electron chi connectivity index (χ0n) is 43.9. The van der Waals surface area contributed by atoms with Gasteiger partial charge in [-0.25, -0.2) is 19.9 Å². The molecule has 4 aromatic rings. The van der Waals surface area contributed by atoms with E-state index in [9.17, 15) is 29.4 Å². The molecule has 0 unspecified atom stereocenters. The lowest BCUT2D eigenvalue weighted by Crippen LogP contribution is -2.47. The van der Waals surface area contributed by atoms with Gasteiger partial charge in [-0.2, -0.15) is 0 Å². The third kappa shape index (κ3) is 14.1. The number of aryl methyl sites for hydroxylation is 2. The van der Waals surface area contributed by atoms with Gasteiger partial charge in [-0.1, -0.05) is 13.8 Å². The number of hydrogen-bond donors (Lipinski definition) is 6. The molecule has 6 N–H and O–H groups in total. The Hall–Kier alpha value is -5.04. The molecule has 0 aromatic carbocycles. The van der Waals surface area contributed by atoms with Crippen molar-refractivity contribution in [3.63, 3.8) is 0 Å². The molecule has 16 nitrogen and oxygen atoms in total. The fourth-order valence-electron chi connectivity index (χ4n) is 7.89. The van der Waals surface area contributed by atoms with Crippen LogP contribution in [-0.2, 0) is 0 Å². The summed E-state index contributed by atoms with van der Waals surface area (Å²) < 4.78 is 0. The zero-order chi connectivity index (χ0) is 51.8. The first-order valence-electron chi connectivity index (χ1n) is 25.0.